The van der Waals surface area contributed by atoms with Crippen LogP contribution in [0.3, 0.4) is 0 Å². The third kappa shape index (κ3) is 2.69. The number of para-hydroxylation sites is 1. The van der Waals surface area contributed by atoms with Gasteiger partial charge < -0.3 is 16.2 Å². The van der Waals surface area contributed by atoms with Gasteiger partial charge in [0.25, 0.3) is 0 Å². The number of phenolic OH excluding ortho intramolecular Hbond substituents is 1. The molecule has 4 aromatic rings. The van der Waals surface area contributed by atoms with Gasteiger partial charge in [0, 0.05) is 17.8 Å². The van der Waals surface area contributed by atoms with Crippen molar-refractivity contribution in [3.63, 3.8) is 0 Å². The Balaban J connectivity index is 1.37. The van der Waals surface area contributed by atoms with Crippen molar-refractivity contribution in [1.82, 2.24) is 19.7 Å². The zero-order chi connectivity index (χ0) is 20.2. The molecule has 0 saturated heterocycles. The Morgan fingerprint density at radius 3 is 2.90 bits per heavy atom. The molecule has 7 nitrogen and oxygen atoms in total. The molecule has 2 aliphatic rings. The second-order valence-corrected chi connectivity index (χ2v) is 8.27. The fourth-order valence-corrected chi connectivity index (χ4v) is 4.84. The second-order valence-electron chi connectivity index (χ2n) is 8.27. The Morgan fingerprint density at radius 2 is 2.00 bits per heavy atom. The molecule has 3 unspecified atom stereocenters. The molecular formula is C23H22N6O. The number of nitrogen functional groups attached to an aromatic ring is 1. The van der Waals surface area contributed by atoms with E-state index >= 15 is 0 Å². The van der Waals surface area contributed by atoms with Gasteiger partial charge in [-0.15, -0.1) is 0 Å². The molecule has 1 fully saturated rings. The molecule has 30 heavy (non-hydrogen) atoms. The van der Waals surface area contributed by atoms with E-state index in [1.165, 1.54) is 17.6 Å². The van der Waals surface area contributed by atoms with Gasteiger partial charge in [-0.25, -0.2) is 14.6 Å². The van der Waals surface area contributed by atoms with E-state index in [4.69, 9.17) is 10.8 Å². The maximum absolute atomic E-state index is 9.93. The minimum atomic E-state index is 0.196. The summed E-state index contributed by atoms with van der Waals surface area (Å²) in [5.74, 6) is 1.71. The van der Waals surface area contributed by atoms with E-state index < -0.39 is 0 Å². The van der Waals surface area contributed by atoms with E-state index in [1.807, 2.05) is 10.7 Å². The average Bonchev–Trinajstić information content (AvgIpc) is 3.46. The van der Waals surface area contributed by atoms with E-state index in [0.29, 0.717) is 23.7 Å². The quantitative estimate of drug-likeness (QED) is 0.487. The van der Waals surface area contributed by atoms with Crippen LogP contribution >= 0.6 is 0 Å². The number of fused-ring (bicyclic) bond motifs is 2. The number of nitrogens with two attached hydrogens (primary N) is 1. The molecule has 3 heterocycles. The van der Waals surface area contributed by atoms with Gasteiger partial charge in [0.05, 0.1) is 11.4 Å². The molecule has 0 radical (unpaired) electrons. The fourth-order valence-electron chi connectivity index (χ4n) is 4.84. The van der Waals surface area contributed by atoms with Gasteiger partial charge >= 0.3 is 0 Å². The Kier molecular flexibility index (Phi) is 3.71. The zero-order valence-corrected chi connectivity index (χ0v) is 16.4. The predicted molar refractivity (Wildman–Crippen MR) is 116 cm³/mol. The minimum absolute atomic E-state index is 0.196. The largest absolute Gasteiger partial charge is 0.508 e. The van der Waals surface area contributed by atoms with Crippen LogP contribution in [0.1, 0.15) is 18.0 Å². The third-order valence-corrected chi connectivity index (χ3v) is 6.42. The number of benzene rings is 2. The van der Waals surface area contributed by atoms with Crippen molar-refractivity contribution in [2.24, 2.45) is 11.8 Å². The van der Waals surface area contributed by atoms with Crippen LogP contribution in [0.5, 0.6) is 5.75 Å². The average molecular weight is 398 g/mol. The van der Waals surface area contributed by atoms with Crippen molar-refractivity contribution in [3.8, 4) is 17.0 Å². The maximum atomic E-state index is 9.93. The van der Waals surface area contributed by atoms with E-state index in [1.54, 1.807) is 18.2 Å². The lowest BCUT2D eigenvalue weighted by molar-refractivity contribution is 0.432. The second kappa shape index (κ2) is 6.45. The lowest BCUT2D eigenvalue weighted by Crippen LogP contribution is -2.25. The number of phenols is 1. The molecule has 0 spiro atoms. The van der Waals surface area contributed by atoms with Crippen LogP contribution in [0.25, 0.3) is 22.3 Å². The minimum Gasteiger partial charge on any atom is -0.508 e. The molecule has 0 amide bonds. The molecule has 1 aliphatic carbocycles. The normalized spacial score (nSPS) is 22.5. The first-order chi connectivity index (χ1) is 14.7. The van der Waals surface area contributed by atoms with Gasteiger partial charge in [0.2, 0.25) is 0 Å². The molecule has 6 rings (SSSR count). The van der Waals surface area contributed by atoms with Gasteiger partial charge in [0.1, 0.15) is 23.6 Å². The van der Waals surface area contributed by atoms with Crippen LogP contribution in [0.15, 0.2) is 54.9 Å². The number of aromatic nitrogens is 4. The molecule has 150 valence electrons. The summed E-state index contributed by atoms with van der Waals surface area (Å²) in [5.41, 5.74) is 11.1. The van der Waals surface area contributed by atoms with E-state index in [0.717, 1.165) is 41.7 Å². The molecule has 1 aliphatic heterocycles. The van der Waals surface area contributed by atoms with Gasteiger partial charge in [-0.05, 0) is 48.4 Å². The highest BCUT2D eigenvalue weighted by Crippen LogP contribution is 2.52. The predicted octanol–water partition coefficient (Wildman–Crippen LogP) is 3.63. The molecule has 0 bridgehead atoms. The number of hydrogen-bond donors (Lipinski definition) is 3. The van der Waals surface area contributed by atoms with Gasteiger partial charge in [-0.2, -0.15) is 5.10 Å². The monoisotopic (exact) mass is 398 g/mol. The van der Waals surface area contributed by atoms with E-state index in [2.05, 4.69) is 39.6 Å². The summed E-state index contributed by atoms with van der Waals surface area (Å²) >= 11 is 0. The fraction of sp³-hybridized carbons (Fsp3) is 0.261. The van der Waals surface area contributed by atoms with Gasteiger partial charge in [-0.3, -0.25) is 0 Å². The number of aromatic hydroxyl groups is 1. The van der Waals surface area contributed by atoms with Crippen molar-refractivity contribution in [3.05, 3.63) is 60.4 Å². The first-order valence-corrected chi connectivity index (χ1v) is 10.3. The van der Waals surface area contributed by atoms with Crippen LogP contribution in [0.4, 0.5) is 11.5 Å². The molecule has 4 N–H and O–H groups in total. The zero-order valence-electron chi connectivity index (χ0n) is 16.4. The SMILES string of the molecule is Nc1ncnc2c1c(-c1cccc(O)c1)nn2C1CC1C1CNc2ccccc2C1. The summed E-state index contributed by atoms with van der Waals surface area (Å²) < 4.78 is 2.03. The summed E-state index contributed by atoms with van der Waals surface area (Å²) in [6.07, 6.45) is 3.66. The van der Waals surface area contributed by atoms with Crippen LogP contribution < -0.4 is 11.1 Å². The number of hydrogen-bond acceptors (Lipinski definition) is 6. The molecule has 2 aromatic heterocycles. The van der Waals surface area contributed by atoms with Crippen LogP contribution in [-0.2, 0) is 6.42 Å². The highest BCUT2D eigenvalue weighted by Gasteiger charge is 2.46. The Hall–Kier alpha value is -3.61. The van der Waals surface area contributed by atoms with Crippen molar-refractivity contribution >= 4 is 22.5 Å². The standard InChI is InChI=1S/C23H22N6O/c24-22-20-21(14-5-3-6-16(30)9-14)28-29(23(20)27-12-26-22)19-10-17(19)15-8-13-4-1-2-7-18(13)25-11-15/h1-7,9,12,15,17,19,25,30H,8,10-11H2,(H2,24,26,27). The summed E-state index contributed by atoms with van der Waals surface area (Å²) in [5, 5.41) is 19.2. The Labute approximate surface area is 173 Å². The third-order valence-electron chi connectivity index (χ3n) is 6.42. The Morgan fingerprint density at radius 1 is 1.10 bits per heavy atom. The first-order valence-electron chi connectivity index (χ1n) is 10.3. The van der Waals surface area contributed by atoms with Gasteiger partial charge in [0.15, 0.2) is 5.65 Å². The first kappa shape index (κ1) is 17.3. The van der Waals surface area contributed by atoms with E-state index in [-0.39, 0.29) is 5.75 Å². The van der Waals surface area contributed by atoms with Crippen molar-refractivity contribution in [2.75, 3.05) is 17.6 Å². The summed E-state index contributed by atoms with van der Waals surface area (Å²) in [6, 6.07) is 15.9. The van der Waals surface area contributed by atoms with E-state index in [9.17, 15) is 5.11 Å². The van der Waals surface area contributed by atoms with Crippen LogP contribution in [0, 0.1) is 11.8 Å². The summed E-state index contributed by atoms with van der Waals surface area (Å²) in [6.45, 7) is 0.980. The Bertz CT molecular complexity index is 1270. The number of nitrogens with one attached hydrogen (secondary N) is 1. The molecule has 7 heteroatoms. The molecule has 2 aromatic carbocycles. The highest BCUT2D eigenvalue weighted by atomic mass is 16.3. The summed E-state index contributed by atoms with van der Waals surface area (Å²) in [7, 11) is 0. The lowest BCUT2D eigenvalue weighted by Gasteiger charge is -2.26. The van der Waals surface area contributed by atoms with Crippen molar-refractivity contribution < 1.29 is 5.11 Å². The number of nitrogens with zero attached hydrogens (tertiary/aromatic N) is 4. The topological polar surface area (TPSA) is 102 Å². The maximum Gasteiger partial charge on any atom is 0.164 e. The lowest BCUT2D eigenvalue weighted by atomic mass is 9.90. The van der Waals surface area contributed by atoms with Crippen molar-refractivity contribution in [2.45, 2.75) is 18.9 Å². The highest BCUT2D eigenvalue weighted by molar-refractivity contribution is 5.98. The van der Waals surface area contributed by atoms with Gasteiger partial charge in [-0.1, -0.05) is 30.3 Å². The molecular weight excluding hydrogens is 376 g/mol. The van der Waals surface area contributed by atoms with Crippen LogP contribution in [0.2, 0.25) is 0 Å². The smallest absolute Gasteiger partial charge is 0.164 e. The summed E-state index contributed by atoms with van der Waals surface area (Å²) in [4.78, 5) is 8.70. The molecule has 1 saturated carbocycles. The number of rotatable bonds is 3. The number of anilines is 2. The molecule has 3 atom stereocenters. The van der Waals surface area contributed by atoms with Crippen molar-refractivity contribution in [1.29, 1.82) is 0 Å². The van der Waals surface area contributed by atoms with Crippen LogP contribution in [-0.4, -0.2) is 31.4 Å².